The highest BCUT2D eigenvalue weighted by Gasteiger charge is 2.34. The highest BCUT2D eigenvalue weighted by atomic mass is 35.5. The summed E-state index contributed by atoms with van der Waals surface area (Å²) in [6.07, 6.45) is 8.66. The molecule has 1 fully saturated rings. The molecule has 27 heavy (non-hydrogen) atoms. The van der Waals surface area contributed by atoms with Crippen molar-refractivity contribution in [3.05, 3.63) is 70.7 Å². The number of ether oxygens (including phenoxy) is 2. The molecule has 0 N–H and O–H groups in total. The summed E-state index contributed by atoms with van der Waals surface area (Å²) < 4.78 is 12.5. The number of hydrogen-bond donors (Lipinski definition) is 0. The highest BCUT2D eigenvalue weighted by Crippen LogP contribution is 2.41. The lowest BCUT2D eigenvalue weighted by Crippen LogP contribution is -2.30. The maximum Gasteiger partial charge on any atom is 0.185 e. The molecular formula is C24H31ClO2. The van der Waals surface area contributed by atoms with Crippen molar-refractivity contribution in [2.24, 2.45) is 5.92 Å². The van der Waals surface area contributed by atoms with E-state index in [9.17, 15) is 0 Å². The maximum absolute atomic E-state index is 6.44. The molecule has 1 saturated heterocycles. The van der Waals surface area contributed by atoms with Crippen molar-refractivity contribution in [1.29, 1.82) is 0 Å². The summed E-state index contributed by atoms with van der Waals surface area (Å²) in [6, 6.07) is 18.3. The van der Waals surface area contributed by atoms with Crippen LogP contribution in [-0.4, -0.2) is 6.61 Å². The zero-order chi connectivity index (χ0) is 18.9. The number of benzene rings is 2. The third kappa shape index (κ3) is 5.81. The Morgan fingerprint density at radius 1 is 0.889 bits per heavy atom. The molecule has 0 amide bonds. The third-order valence-electron chi connectivity index (χ3n) is 5.38. The van der Waals surface area contributed by atoms with Gasteiger partial charge in [0.05, 0.1) is 12.7 Å². The Kier molecular flexibility index (Phi) is 8.19. The predicted molar refractivity (Wildman–Crippen MR) is 112 cm³/mol. The Hall–Kier alpha value is -1.35. The Morgan fingerprint density at radius 2 is 1.59 bits per heavy atom. The maximum atomic E-state index is 6.44. The van der Waals surface area contributed by atoms with Gasteiger partial charge in [-0.1, -0.05) is 106 Å². The van der Waals surface area contributed by atoms with Gasteiger partial charge in [-0.05, 0) is 18.1 Å². The fraction of sp³-hybridized carbons (Fsp3) is 0.500. The lowest BCUT2D eigenvalue weighted by Gasteiger charge is -2.37. The lowest BCUT2D eigenvalue weighted by molar-refractivity contribution is -0.245. The molecule has 0 aromatic heterocycles. The molecule has 0 aliphatic carbocycles. The van der Waals surface area contributed by atoms with Gasteiger partial charge in [-0.15, -0.1) is 0 Å². The van der Waals surface area contributed by atoms with Crippen molar-refractivity contribution >= 4 is 11.6 Å². The molecule has 2 nitrogen and oxygen atoms in total. The molecule has 1 aliphatic rings. The van der Waals surface area contributed by atoms with E-state index < -0.39 is 6.29 Å². The van der Waals surface area contributed by atoms with E-state index in [1.165, 1.54) is 44.1 Å². The Bertz CT molecular complexity index is 673. The quantitative estimate of drug-likeness (QED) is 0.415. The van der Waals surface area contributed by atoms with Crippen molar-refractivity contribution < 1.29 is 9.47 Å². The van der Waals surface area contributed by atoms with Gasteiger partial charge in [-0.2, -0.15) is 0 Å². The molecule has 2 aromatic rings. The van der Waals surface area contributed by atoms with Gasteiger partial charge in [-0.25, -0.2) is 0 Å². The van der Waals surface area contributed by atoms with E-state index in [1.807, 2.05) is 24.3 Å². The second-order valence-corrected chi connectivity index (χ2v) is 7.88. The molecule has 3 heteroatoms. The Labute approximate surface area is 168 Å². The average molecular weight is 387 g/mol. The van der Waals surface area contributed by atoms with Crippen molar-refractivity contribution in [3.8, 4) is 0 Å². The topological polar surface area (TPSA) is 18.5 Å². The van der Waals surface area contributed by atoms with E-state index in [0.717, 1.165) is 12.0 Å². The molecule has 0 saturated carbocycles. The van der Waals surface area contributed by atoms with Gasteiger partial charge in [0, 0.05) is 16.5 Å². The van der Waals surface area contributed by atoms with Gasteiger partial charge >= 0.3 is 0 Å². The highest BCUT2D eigenvalue weighted by molar-refractivity contribution is 6.31. The van der Waals surface area contributed by atoms with Crippen LogP contribution in [0.1, 0.15) is 75.4 Å². The molecule has 1 heterocycles. The van der Waals surface area contributed by atoms with Crippen LogP contribution in [0.25, 0.3) is 0 Å². The molecule has 2 aromatic carbocycles. The SMILES string of the molecule is CCCCCCCCC1COC(c2ccccc2Cl)OC1c1ccccc1. The summed E-state index contributed by atoms with van der Waals surface area (Å²) in [5.41, 5.74) is 2.15. The molecular weight excluding hydrogens is 356 g/mol. The summed E-state index contributed by atoms with van der Waals surface area (Å²) >= 11 is 6.37. The fourth-order valence-electron chi connectivity index (χ4n) is 3.83. The zero-order valence-electron chi connectivity index (χ0n) is 16.3. The van der Waals surface area contributed by atoms with Crippen molar-refractivity contribution in [2.75, 3.05) is 6.61 Å². The van der Waals surface area contributed by atoms with Crippen LogP contribution in [0.15, 0.2) is 54.6 Å². The van der Waals surface area contributed by atoms with Crippen molar-refractivity contribution in [1.82, 2.24) is 0 Å². The molecule has 146 valence electrons. The molecule has 1 aliphatic heterocycles. The van der Waals surface area contributed by atoms with Crippen molar-refractivity contribution in [2.45, 2.75) is 64.3 Å². The molecule has 3 atom stereocenters. The second kappa shape index (κ2) is 10.8. The molecule has 0 spiro atoms. The van der Waals surface area contributed by atoms with Gasteiger partial charge in [0.1, 0.15) is 0 Å². The first-order valence-electron chi connectivity index (χ1n) is 10.4. The Morgan fingerprint density at radius 3 is 2.37 bits per heavy atom. The van der Waals surface area contributed by atoms with E-state index in [1.54, 1.807) is 0 Å². The number of rotatable bonds is 9. The summed E-state index contributed by atoms with van der Waals surface area (Å²) in [5.74, 6) is 0.386. The van der Waals surface area contributed by atoms with Crippen LogP contribution in [0.3, 0.4) is 0 Å². The van der Waals surface area contributed by atoms with E-state index in [2.05, 4.69) is 37.3 Å². The van der Waals surface area contributed by atoms with E-state index in [4.69, 9.17) is 21.1 Å². The number of hydrogen-bond acceptors (Lipinski definition) is 2. The Balaban J connectivity index is 1.65. The van der Waals surface area contributed by atoms with Crippen LogP contribution in [0.4, 0.5) is 0 Å². The largest absolute Gasteiger partial charge is 0.348 e. The normalized spacial score (nSPS) is 22.7. The summed E-state index contributed by atoms with van der Waals surface area (Å²) in [5, 5.41) is 0.698. The first kappa shape index (κ1) is 20.4. The molecule has 0 bridgehead atoms. The van der Waals surface area contributed by atoms with Crippen LogP contribution in [0, 0.1) is 5.92 Å². The lowest BCUT2D eigenvalue weighted by atomic mass is 9.90. The first-order valence-corrected chi connectivity index (χ1v) is 10.7. The minimum atomic E-state index is -0.398. The van der Waals surface area contributed by atoms with Crippen LogP contribution >= 0.6 is 11.6 Å². The van der Waals surface area contributed by atoms with E-state index in [0.29, 0.717) is 17.5 Å². The molecule has 3 unspecified atom stereocenters. The van der Waals surface area contributed by atoms with Gasteiger partial charge in [0.15, 0.2) is 6.29 Å². The first-order chi connectivity index (χ1) is 13.3. The number of unbranched alkanes of at least 4 members (excludes halogenated alkanes) is 5. The number of halogens is 1. The monoisotopic (exact) mass is 386 g/mol. The summed E-state index contributed by atoms with van der Waals surface area (Å²) in [7, 11) is 0. The van der Waals surface area contributed by atoms with Crippen LogP contribution in [0.2, 0.25) is 5.02 Å². The minimum absolute atomic E-state index is 0.0527. The smallest absolute Gasteiger partial charge is 0.185 e. The predicted octanol–water partition coefficient (Wildman–Crippen LogP) is 7.49. The summed E-state index contributed by atoms with van der Waals surface area (Å²) in [4.78, 5) is 0. The van der Waals surface area contributed by atoms with E-state index >= 15 is 0 Å². The average Bonchev–Trinajstić information content (AvgIpc) is 2.72. The third-order valence-corrected chi connectivity index (χ3v) is 5.72. The van der Waals surface area contributed by atoms with Crippen molar-refractivity contribution in [3.63, 3.8) is 0 Å². The van der Waals surface area contributed by atoms with Crippen LogP contribution < -0.4 is 0 Å². The minimum Gasteiger partial charge on any atom is -0.348 e. The standard InChI is InChI=1S/C24H31ClO2/c1-2-3-4-5-6-8-15-20-18-26-24(21-16-11-12-17-22(21)25)27-23(20)19-13-9-7-10-14-19/h7,9-14,16-17,20,23-24H,2-6,8,15,18H2,1H3. The fourth-order valence-corrected chi connectivity index (χ4v) is 4.05. The van der Waals surface area contributed by atoms with Gasteiger partial charge in [-0.3, -0.25) is 0 Å². The second-order valence-electron chi connectivity index (χ2n) is 7.47. The molecule has 0 radical (unpaired) electrons. The van der Waals surface area contributed by atoms with Gasteiger partial charge in [0.25, 0.3) is 0 Å². The van der Waals surface area contributed by atoms with Crippen LogP contribution in [0.5, 0.6) is 0 Å². The van der Waals surface area contributed by atoms with Gasteiger partial charge in [0.2, 0.25) is 0 Å². The van der Waals surface area contributed by atoms with Crippen LogP contribution in [-0.2, 0) is 9.47 Å². The van der Waals surface area contributed by atoms with E-state index in [-0.39, 0.29) is 6.10 Å². The summed E-state index contributed by atoms with van der Waals surface area (Å²) in [6.45, 7) is 2.97. The molecule has 3 rings (SSSR count). The zero-order valence-corrected chi connectivity index (χ0v) is 17.0. The van der Waals surface area contributed by atoms with Gasteiger partial charge < -0.3 is 9.47 Å².